The van der Waals surface area contributed by atoms with Gasteiger partial charge in [0.05, 0.1) is 6.42 Å². The van der Waals surface area contributed by atoms with Crippen molar-refractivity contribution in [3.63, 3.8) is 0 Å². The fourth-order valence-corrected chi connectivity index (χ4v) is 2.88. The lowest BCUT2D eigenvalue weighted by molar-refractivity contribution is -0.140. The average molecular weight is 374 g/mol. The fourth-order valence-electron chi connectivity index (χ4n) is 2.88. The minimum Gasteiger partial charge on any atom is -0.355 e. The Bertz CT molecular complexity index is 761. The summed E-state index contributed by atoms with van der Waals surface area (Å²) in [5, 5.41) is 2.76. The number of nitrogens with zero attached hydrogens (tertiary/aromatic N) is 1. The van der Waals surface area contributed by atoms with Crippen molar-refractivity contribution in [3.8, 4) is 0 Å². The van der Waals surface area contributed by atoms with E-state index >= 15 is 0 Å². The van der Waals surface area contributed by atoms with Gasteiger partial charge in [-0.25, -0.2) is 8.78 Å². The number of hydrogen-bond donors (Lipinski definition) is 1. The van der Waals surface area contributed by atoms with E-state index in [-0.39, 0.29) is 36.4 Å². The van der Waals surface area contributed by atoms with Crippen LogP contribution in [0.4, 0.5) is 8.78 Å². The van der Waals surface area contributed by atoms with Crippen LogP contribution >= 0.6 is 0 Å². The van der Waals surface area contributed by atoms with Crippen molar-refractivity contribution in [2.75, 3.05) is 6.54 Å². The Hall–Kier alpha value is -2.76. The Morgan fingerprint density at radius 3 is 1.93 bits per heavy atom. The van der Waals surface area contributed by atoms with E-state index < -0.39 is 6.04 Å². The van der Waals surface area contributed by atoms with Crippen LogP contribution in [0.2, 0.25) is 0 Å². The number of likely N-dealkylation sites (N-methyl/N-ethyl adjacent to an activating group) is 1. The molecule has 0 spiro atoms. The van der Waals surface area contributed by atoms with Crippen molar-refractivity contribution < 1.29 is 18.4 Å². The lowest BCUT2D eigenvalue weighted by atomic mass is 10.1. The number of hydrogen-bond acceptors (Lipinski definition) is 2. The Labute approximate surface area is 158 Å². The number of rotatable bonds is 8. The summed E-state index contributed by atoms with van der Waals surface area (Å²) >= 11 is 0. The molecule has 0 aliphatic heterocycles. The highest BCUT2D eigenvalue weighted by Gasteiger charge is 2.28. The molecule has 0 aliphatic carbocycles. The van der Waals surface area contributed by atoms with Gasteiger partial charge < -0.3 is 10.2 Å². The summed E-state index contributed by atoms with van der Waals surface area (Å²) in [6.45, 7) is 4.31. The van der Waals surface area contributed by atoms with E-state index in [9.17, 15) is 18.4 Å². The smallest absolute Gasteiger partial charge is 0.242 e. The van der Waals surface area contributed by atoms with Crippen LogP contribution < -0.4 is 5.32 Å². The Kier molecular flexibility index (Phi) is 7.46. The molecule has 2 amide bonds. The molecule has 0 fully saturated rings. The van der Waals surface area contributed by atoms with Gasteiger partial charge in [-0.15, -0.1) is 0 Å². The molecule has 0 bridgehead atoms. The first-order valence-corrected chi connectivity index (χ1v) is 9.00. The summed E-state index contributed by atoms with van der Waals surface area (Å²) in [7, 11) is 0. The van der Waals surface area contributed by atoms with E-state index in [1.165, 1.54) is 29.2 Å². The van der Waals surface area contributed by atoms with Gasteiger partial charge in [-0.2, -0.15) is 0 Å². The van der Waals surface area contributed by atoms with Gasteiger partial charge in [0.25, 0.3) is 0 Å². The van der Waals surface area contributed by atoms with Crippen molar-refractivity contribution in [2.45, 2.75) is 39.3 Å². The van der Waals surface area contributed by atoms with Gasteiger partial charge in [-0.3, -0.25) is 9.59 Å². The monoisotopic (exact) mass is 374 g/mol. The summed E-state index contributed by atoms with van der Waals surface area (Å²) in [5.74, 6) is -1.21. The highest BCUT2D eigenvalue weighted by molar-refractivity contribution is 5.88. The van der Waals surface area contributed by atoms with Gasteiger partial charge in [0.15, 0.2) is 0 Å². The molecule has 0 aliphatic rings. The number of amides is 2. The van der Waals surface area contributed by atoms with Gasteiger partial charge in [-0.1, -0.05) is 31.2 Å². The highest BCUT2D eigenvalue weighted by Crippen LogP contribution is 2.15. The number of halogens is 2. The molecule has 1 atom stereocenters. The molecule has 0 heterocycles. The number of carbonyl (C=O) groups excluding carboxylic acids is 2. The normalized spacial score (nSPS) is 11.7. The lowest BCUT2D eigenvalue weighted by Gasteiger charge is -2.30. The molecule has 0 radical (unpaired) electrons. The molecule has 0 saturated carbocycles. The van der Waals surface area contributed by atoms with Gasteiger partial charge in [0, 0.05) is 13.1 Å². The second kappa shape index (κ2) is 9.80. The molecule has 0 saturated heterocycles. The van der Waals surface area contributed by atoms with Gasteiger partial charge >= 0.3 is 0 Å². The van der Waals surface area contributed by atoms with Crippen LogP contribution in [0.1, 0.15) is 31.4 Å². The van der Waals surface area contributed by atoms with Crippen LogP contribution in [0.3, 0.4) is 0 Å². The second-order valence-corrected chi connectivity index (χ2v) is 6.27. The van der Waals surface area contributed by atoms with E-state index in [1.807, 2.05) is 13.8 Å². The van der Waals surface area contributed by atoms with E-state index in [0.29, 0.717) is 18.5 Å². The maximum Gasteiger partial charge on any atom is 0.242 e. The quantitative estimate of drug-likeness (QED) is 0.769. The van der Waals surface area contributed by atoms with Crippen molar-refractivity contribution in [3.05, 3.63) is 71.3 Å². The topological polar surface area (TPSA) is 49.4 Å². The molecule has 4 nitrogen and oxygen atoms in total. The highest BCUT2D eigenvalue weighted by atomic mass is 19.1. The Morgan fingerprint density at radius 2 is 1.44 bits per heavy atom. The van der Waals surface area contributed by atoms with Crippen LogP contribution in [-0.4, -0.2) is 29.3 Å². The average Bonchev–Trinajstić information content (AvgIpc) is 2.65. The standard InChI is InChI=1S/C21H24F2N2O2/c1-3-19(21(27)24-4-2)25(14-16-7-11-18(23)12-8-16)20(26)13-15-5-9-17(22)10-6-15/h5-12,19H,3-4,13-14H2,1-2H3,(H,24,27). The Balaban J connectivity index is 2.25. The van der Waals surface area contributed by atoms with E-state index in [4.69, 9.17) is 0 Å². The fraction of sp³-hybridized carbons (Fsp3) is 0.333. The number of carbonyl (C=O) groups is 2. The predicted octanol–water partition coefficient (Wildman–Crippen LogP) is 3.45. The second-order valence-electron chi connectivity index (χ2n) is 6.27. The first-order chi connectivity index (χ1) is 12.9. The maximum atomic E-state index is 13.2. The number of benzene rings is 2. The van der Waals surface area contributed by atoms with Crippen molar-refractivity contribution in [1.82, 2.24) is 10.2 Å². The van der Waals surface area contributed by atoms with Crippen molar-refractivity contribution in [2.24, 2.45) is 0 Å². The van der Waals surface area contributed by atoms with E-state index in [1.54, 1.807) is 24.3 Å². The summed E-state index contributed by atoms with van der Waals surface area (Å²) in [6, 6.07) is 10.9. The van der Waals surface area contributed by atoms with Crippen molar-refractivity contribution >= 4 is 11.8 Å². The minimum atomic E-state index is -0.636. The van der Waals surface area contributed by atoms with Gasteiger partial charge in [0.1, 0.15) is 17.7 Å². The van der Waals surface area contributed by atoms with Gasteiger partial charge in [-0.05, 0) is 48.7 Å². The molecule has 6 heteroatoms. The Morgan fingerprint density at radius 1 is 0.926 bits per heavy atom. The third kappa shape index (κ3) is 5.88. The molecule has 2 rings (SSSR count). The van der Waals surface area contributed by atoms with Crippen LogP contribution in [-0.2, 0) is 22.6 Å². The summed E-state index contributed by atoms with van der Waals surface area (Å²) in [6.07, 6.45) is 0.500. The SMILES string of the molecule is CCNC(=O)C(CC)N(Cc1ccc(F)cc1)C(=O)Cc1ccc(F)cc1. The lowest BCUT2D eigenvalue weighted by Crippen LogP contribution is -2.49. The third-order valence-electron chi connectivity index (χ3n) is 4.27. The first kappa shape index (κ1) is 20.6. The molecule has 144 valence electrons. The minimum absolute atomic E-state index is 0.0530. The summed E-state index contributed by atoms with van der Waals surface area (Å²) < 4.78 is 26.3. The molecule has 1 unspecified atom stereocenters. The van der Waals surface area contributed by atoms with Crippen LogP contribution in [0.25, 0.3) is 0 Å². The molecule has 2 aromatic carbocycles. The molecule has 27 heavy (non-hydrogen) atoms. The zero-order chi connectivity index (χ0) is 19.8. The summed E-state index contributed by atoms with van der Waals surface area (Å²) in [5.41, 5.74) is 1.39. The molecule has 2 aromatic rings. The van der Waals surface area contributed by atoms with Crippen LogP contribution in [0.5, 0.6) is 0 Å². The largest absolute Gasteiger partial charge is 0.355 e. The van der Waals surface area contributed by atoms with E-state index in [0.717, 1.165) is 5.56 Å². The van der Waals surface area contributed by atoms with Crippen LogP contribution in [0.15, 0.2) is 48.5 Å². The predicted molar refractivity (Wildman–Crippen MR) is 99.8 cm³/mol. The van der Waals surface area contributed by atoms with Crippen molar-refractivity contribution in [1.29, 1.82) is 0 Å². The van der Waals surface area contributed by atoms with E-state index in [2.05, 4.69) is 5.32 Å². The molecule has 0 aromatic heterocycles. The number of nitrogens with one attached hydrogen (secondary N) is 1. The first-order valence-electron chi connectivity index (χ1n) is 9.00. The van der Waals surface area contributed by atoms with Crippen LogP contribution in [0, 0.1) is 11.6 Å². The zero-order valence-electron chi connectivity index (χ0n) is 15.5. The summed E-state index contributed by atoms with van der Waals surface area (Å²) in [4.78, 5) is 26.9. The maximum absolute atomic E-state index is 13.2. The molecular formula is C21H24F2N2O2. The zero-order valence-corrected chi connectivity index (χ0v) is 15.5. The third-order valence-corrected chi connectivity index (χ3v) is 4.27. The molecular weight excluding hydrogens is 350 g/mol. The molecule has 1 N–H and O–H groups in total. The van der Waals surface area contributed by atoms with Gasteiger partial charge in [0.2, 0.25) is 11.8 Å².